The van der Waals surface area contributed by atoms with Gasteiger partial charge in [-0.2, -0.15) is 18.3 Å². The van der Waals surface area contributed by atoms with Crippen LogP contribution >= 0.6 is 0 Å². The SMILES string of the molecule is Cn1nc(NC(=O)n2ccc3cc(Oc4cc(/C=[N+](/C)[O-])ncn4)ccc32)cc1C(F)(F)F. The third-order valence-electron chi connectivity index (χ3n) is 4.49. The van der Waals surface area contributed by atoms with Crippen LogP contribution < -0.4 is 10.1 Å². The second-order valence-electron chi connectivity index (χ2n) is 6.93. The Morgan fingerprint density at radius 1 is 1.21 bits per heavy atom. The van der Waals surface area contributed by atoms with E-state index in [4.69, 9.17) is 4.74 Å². The minimum atomic E-state index is -4.59. The molecule has 0 bridgehead atoms. The molecule has 0 aliphatic carbocycles. The van der Waals surface area contributed by atoms with E-state index >= 15 is 0 Å². The summed E-state index contributed by atoms with van der Waals surface area (Å²) in [5, 5.41) is 17.8. The quantitative estimate of drug-likeness (QED) is 0.216. The highest BCUT2D eigenvalue weighted by Crippen LogP contribution is 2.30. The maximum Gasteiger partial charge on any atom is 0.433 e. The molecule has 0 fully saturated rings. The fourth-order valence-electron chi connectivity index (χ4n) is 3.11. The van der Waals surface area contributed by atoms with Gasteiger partial charge in [0.2, 0.25) is 5.88 Å². The van der Waals surface area contributed by atoms with Crippen LogP contribution in [0.1, 0.15) is 11.4 Å². The zero-order valence-electron chi connectivity index (χ0n) is 17.2. The van der Waals surface area contributed by atoms with Crippen molar-refractivity contribution in [1.82, 2.24) is 24.3 Å². The van der Waals surface area contributed by atoms with Crippen LogP contribution in [0.15, 0.2) is 48.9 Å². The molecular weight excluding hydrogens is 443 g/mol. The molecule has 3 aromatic heterocycles. The lowest BCUT2D eigenvalue weighted by molar-refractivity contribution is -0.416. The largest absolute Gasteiger partial charge is 0.624 e. The number of halogens is 3. The number of nitrogens with zero attached hydrogens (tertiary/aromatic N) is 6. The second kappa shape index (κ2) is 8.26. The summed E-state index contributed by atoms with van der Waals surface area (Å²) in [6.45, 7) is 0. The predicted octanol–water partition coefficient (Wildman–Crippen LogP) is 3.62. The number of benzene rings is 1. The van der Waals surface area contributed by atoms with E-state index in [0.29, 0.717) is 31.8 Å². The van der Waals surface area contributed by atoms with E-state index in [0.717, 1.165) is 13.1 Å². The van der Waals surface area contributed by atoms with Gasteiger partial charge in [-0.25, -0.2) is 19.5 Å². The standard InChI is InChI=1S/C20H16F3N7O3/c1-28(32)10-13-8-18(25-11-24-13)33-14-3-4-15-12(7-14)5-6-30(15)19(31)26-17-9-16(20(21,22)23)29(2)27-17/h3-11H,1-2H3,(H,26,27,31)/b28-10-. The molecule has 1 aromatic carbocycles. The van der Waals surface area contributed by atoms with Crippen LogP contribution in [-0.2, 0) is 13.2 Å². The van der Waals surface area contributed by atoms with Crippen LogP contribution in [0.3, 0.4) is 0 Å². The molecule has 13 heteroatoms. The van der Waals surface area contributed by atoms with Gasteiger partial charge >= 0.3 is 12.2 Å². The predicted molar refractivity (Wildman–Crippen MR) is 111 cm³/mol. The highest BCUT2D eigenvalue weighted by Gasteiger charge is 2.35. The number of amides is 1. The zero-order chi connectivity index (χ0) is 23.8. The van der Waals surface area contributed by atoms with E-state index in [2.05, 4.69) is 20.4 Å². The van der Waals surface area contributed by atoms with Crippen LogP contribution in [0, 0.1) is 5.21 Å². The number of carbonyl (C=O) groups excluding carboxylic acids is 1. The first-order valence-electron chi connectivity index (χ1n) is 9.38. The van der Waals surface area contributed by atoms with Crippen LogP contribution in [0.2, 0.25) is 0 Å². The summed E-state index contributed by atoms with van der Waals surface area (Å²) in [5.41, 5.74) is -0.120. The molecule has 33 heavy (non-hydrogen) atoms. The molecule has 4 rings (SSSR count). The molecule has 3 heterocycles. The number of nitrogens with one attached hydrogen (secondary N) is 1. The summed E-state index contributed by atoms with van der Waals surface area (Å²) < 4.78 is 47.0. The monoisotopic (exact) mass is 459 g/mol. The molecule has 170 valence electrons. The number of aryl methyl sites for hydroxylation is 1. The van der Waals surface area contributed by atoms with Crippen molar-refractivity contribution in [2.45, 2.75) is 6.18 Å². The number of alkyl halides is 3. The molecule has 0 radical (unpaired) electrons. The van der Waals surface area contributed by atoms with Gasteiger partial charge in [-0.15, -0.1) is 0 Å². The van der Waals surface area contributed by atoms with Gasteiger partial charge in [-0.1, -0.05) is 0 Å². The first kappa shape index (κ1) is 21.8. The van der Waals surface area contributed by atoms with Crippen LogP contribution in [0.25, 0.3) is 10.9 Å². The Kier molecular flexibility index (Phi) is 5.45. The average Bonchev–Trinajstić information content (AvgIpc) is 3.30. The number of ether oxygens (including phenoxy) is 1. The van der Waals surface area contributed by atoms with Crippen LogP contribution in [-0.4, -0.2) is 48.3 Å². The molecule has 1 N–H and O–H groups in total. The molecule has 0 saturated heterocycles. The molecule has 0 aliphatic heterocycles. The van der Waals surface area contributed by atoms with Crippen molar-refractivity contribution in [3.63, 3.8) is 0 Å². The molecule has 4 aromatic rings. The normalized spacial score (nSPS) is 12.2. The molecule has 0 atom stereocenters. The number of anilines is 1. The number of fused-ring (bicyclic) bond motifs is 1. The van der Waals surface area contributed by atoms with Crippen molar-refractivity contribution >= 4 is 29.0 Å². The Balaban J connectivity index is 1.54. The zero-order valence-corrected chi connectivity index (χ0v) is 17.2. The maximum atomic E-state index is 12.9. The van der Waals surface area contributed by atoms with Crippen molar-refractivity contribution in [2.75, 3.05) is 12.4 Å². The highest BCUT2D eigenvalue weighted by molar-refractivity contribution is 5.98. The lowest BCUT2D eigenvalue weighted by Gasteiger charge is -2.07. The second-order valence-corrected chi connectivity index (χ2v) is 6.93. The molecule has 10 nitrogen and oxygen atoms in total. The Labute approximate surface area is 184 Å². The number of hydroxylamine groups is 1. The molecule has 1 amide bonds. The fourth-order valence-corrected chi connectivity index (χ4v) is 3.11. The Morgan fingerprint density at radius 3 is 2.70 bits per heavy atom. The van der Waals surface area contributed by atoms with Gasteiger partial charge in [0.05, 0.1) is 5.52 Å². The summed E-state index contributed by atoms with van der Waals surface area (Å²) in [5.74, 6) is 0.405. The summed E-state index contributed by atoms with van der Waals surface area (Å²) in [4.78, 5) is 20.5. The minimum Gasteiger partial charge on any atom is -0.624 e. The van der Waals surface area contributed by atoms with E-state index in [1.807, 2.05) is 0 Å². The van der Waals surface area contributed by atoms with Crippen molar-refractivity contribution in [1.29, 1.82) is 0 Å². The van der Waals surface area contributed by atoms with Crippen LogP contribution in [0.4, 0.5) is 23.8 Å². The van der Waals surface area contributed by atoms with Gasteiger partial charge < -0.3 is 9.94 Å². The Bertz CT molecular complexity index is 1370. The summed E-state index contributed by atoms with van der Waals surface area (Å²) in [6.07, 6.45) is -0.602. The van der Waals surface area contributed by atoms with E-state index < -0.39 is 17.9 Å². The fraction of sp³-hybridized carbons (Fsp3) is 0.150. The molecule has 0 saturated carbocycles. The van der Waals surface area contributed by atoms with Gasteiger partial charge in [0.1, 0.15) is 30.5 Å². The summed E-state index contributed by atoms with van der Waals surface area (Å²) >= 11 is 0. The first-order chi connectivity index (χ1) is 15.6. The first-order valence-corrected chi connectivity index (χ1v) is 9.38. The smallest absolute Gasteiger partial charge is 0.433 e. The number of rotatable bonds is 4. The summed E-state index contributed by atoms with van der Waals surface area (Å²) in [6, 6.07) is 8.08. The van der Waals surface area contributed by atoms with Gasteiger partial charge in [0.15, 0.2) is 12.0 Å². The Morgan fingerprint density at radius 2 is 2.00 bits per heavy atom. The van der Waals surface area contributed by atoms with E-state index in [9.17, 15) is 23.2 Å². The van der Waals surface area contributed by atoms with Crippen molar-refractivity contribution in [3.8, 4) is 11.6 Å². The third-order valence-corrected chi connectivity index (χ3v) is 4.49. The van der Waals surface area contributed by atoms with Gasteiger partial charge in [0.25, 0.3) is 0 Å². The van der Waals surface area contributed by atoms with Crippen molar-refractivity contribution in [3.05, 3.63) is 65.5 Å². The van der Waals surface area contributed by atoms with E-state index in [1.54, 1.807) is 24.3 Å². The van der Waals surface area contributed by atoms with Crippen LogP contribution in [0.5, 0.6) is 11.6 Å². The topological polar surface area (TPSA) is 113 Å². The Hall–Kier alpha value is -4.42. The van der Waals surface area contributed by atoms with Gasteiger partial charge in [-0.05, 0) is 24.3 Å². The number of aromatic nitrogens is 5. The van der Waals surface area contributed by atoms with Crippen molar-refractivity contribution in [2.24, 2.45) is 7.05 Å². The number of carbonyl (C=O) groups is 1. The average molecular weight is 459 g/mol. The number of hydrogen-bond donors (Lipinski definition) is 1. The molecular formula is C20H16F3N7O3. The van der Waals surface area contributed by atoms with Gasteiger partial charge in [0, 0.05) is 30.8 Å². The number of hydrogen-bond acceptors (Lipinski definition) is 6. The van der Waals surface area contributed by atoms with E-state index in [-0.39, 0.29) is 11.7 Å². The molecule has 0 spiro atoms. The highest BCUT2D eigenvalue weighted by atomic mass is 19.4. The molecule has 0 aliphatic rings. The minimum absolute atomic E-state index is 0.213. The molecule has 0 unspecified atom stereocenters. The van der Waals surface area contributed by atoms with Gasteiger partial charge in [-0.3, -0.25) is 14.6 Å². The summed E-state index contributed by atoms with van der Waals surface area (Å²) in [7, 11) is 2.46. The van der Waals surface area contributed by atoms with Crippen molar-refractivity contribution < 1.29 is 27.4 Å². The third kappa shape index (κ3) is 4.76. The maximum absolute atomic E-state index is 12.9. The lowest BCUT2D eigenvalue weighted by Crippen LogP contribution is -2.18. The van der Waals surface area contributed by atoms with E-state index in [1.165, 1.54) is 36.4 Å². The lowest BCUT2D eigenvalue weighted by atomic mass is 10.2.